The zero-order chi connectivity index (χ0) is 20.7. The number of halogens is 1. The van der Waals surface area contributed by atoms with Crippen LogP contribution >= 0.6 is 0 Å². The predicted octanol–water partition coefficient (Wildman–Crippen LogP) is 4.35. The quantitative estimate of drug-likeness (QED) is 0.673. The molecule has 28 heavy (non-hydrogen) atoms. The van der Waals surface area contributed by atoms with E-state index in [9.17, 15) is 17.6 Å². The monoisotopic (exact) mass is 406 g/mol. The largest absolute Gasteiger partial charge is 0.324 e. The molecule has 0 saturated heterocycles. The Balaban J connectivity index is 2.26. The van der Waals surface area contributed by atoms with Gasteiger partial charge in [0.2, 0.25) is 15.9 Å². The van der Waals surface area contributed by atoms with E-state index < -0.39 is 27.8 Å². The number of nitrogens with one attached hydrogen (secondary N) is 1. The standard InChI is InChI=1S/C21H27FN2O3S/c1-4-6-9-16-12-14-17(15-13-16)23-21(25)19(5-2)24(28(3,26)27)20-11-8-7-10-18(20)22/h7-8,10-15,19H,4-6,9H2,1-3H3,(H,23,25)/t19-/m1/s1. The Bertz CT molecular complexity index is 898. The van der Waals surface area contributed by atoms with Gasteiger partial charge in [0.05, 0.1) is 11.9 Å². The summed E-state index contributed by atoms with van der Waals surface area (Å²) in [7, 11) is -3.87. The minimum absolute atomic E-state index is 0.137. The highest BCUT2D eigenvalue weighted by Crippen LogP contribution is 2.26. The van der Waals surface area contributed by atoms with Crippen LogP contribution in [0.1, 0.15) is 38.7 Å². The van der Waals surface area contributed by atoms with E-state index in [4.69, 9.17) is 0 Å². The van der Waals surface area contributed by atoms with Crippen molar-refractivity contribution in [3.63, 3.8) is 0 Å². The van der Waals surface area contributed by atoms with Crippen molar-refractivity contribution in [3.05, 3.63) is 59.9 Å². The minimum atomic E-state index is -3.87. The summed E-state index contributed by atoms with van der Waals surface area (Å²) in [5.74, 6) is -1.20. The second kappa shape index (κ2) is 9.68. The molecule has 0 heterocycles. The number of unbranched alkanes of at least 4 members (excludes halogenated alkanes) is 1. The first kappa shape index (κ1) is 21.9. The Morgan fingerprint density at radius 1 is 1.11 bits per heavy atom. The first-order chi connectivity index (χ1) is 13.3. The molecular weight excluding hydrogens is 379 g/mol. The zero-order valence-electron chi connectivity index (χ0n) is 16.5. The van der Waals surface area contributed by atoms with Gasteiger partial charge in [-0.2, -0.15) is 0 Å². The molecule has 0 aliphatic rings. The van der Waals surface area contributed by atoms with Gasteiger partial charge in [-0.3, -0.25) is 9.10 Å². The number of carbonyl (C=O) groups excluding carboxylic acids is 1. The second-order valence-corrected chi connectivity index (χ2v) is 8.58. The van der Waals surface area contributed by atoms with Crippen molar-refractivity contribution >= 4 is 27.3 Å². The molecule has 0 fully saturated rings. The molecule has 0 aromatic heterocycles. The fourth-order valence-electron chi connectivity index (χ4n) is 3.03. The molecule has 1 N–H and O–H groups in total. The summed E-state index contributed by atoms with van der Waals surface area (Å²) >= 11 is 0. The van der Waals surface area contributed by atoms with Crippen molar-refractivity contribution in [1.82, 2.24) is 0 Å². The van der Waals surface area contributed by atoms with E-state index in [0.717, 1.165) is 29.8 Å². The van der Waals surface area contributed by atoms with Gasteiger partial charge in [-0.1, -0.05) is 44.5 Å². The van der Waals surface area contributed by atoms with E-state index in [1.54, 1.807) is 19.1 Å². The second-order valence-electron chi connectivity index (χ2n) is 6.72. The van der Waals surface area contributed by atoms with Crippen molar-refractivity contribution in [3.8, 4) is 0 Å². The first-order valence-corrected chi connectivity index (χ1v) is 11.3. The van der Waals surface area contributed by atoms with E-state index >= 15 is 0 Å². The summed E-state index contributed by atoms with van der Waals surface area (Å²) in [6.45, 7) is 3.82. The number of aryl methyl sites for hydroxylation is 1. The van der Waals surface area contributed by atoms with Gasteiger partial charge >= 0.3 is 0 Å². The molecule has 0 aliphatic heterocycles. The van der Waals surface area contributed by atoms with E-state index in [1.807, 2.05) is 12.1 Å². The highest BCUT2D eigenvalue weighted by atomic mass is 32.2. The molecule has 5 nitrogen and oxygen atoms in total. The van der Waals surface area contributed by atoms with Crippen LogP contribution in [0, 0.1) is 5.82 Å². The molecule has 2 rings (SSSR count). The van der Waals surface area contributed by atoms with Gasteiger partial charge in [0.15, 0.2) is 0 Å². The van der Waals surface area contributed by atoms with E-state index in [1.165, 1.54) is 29.8 Å². The zero-order valence-corrected chi connectivity index (χ0v) is 17.3. The molecule has 0 aliphatic carbocycles. The van der Waals surface area contributed by atoms with E-state index in [0.29, 0.717) is 5.69 Å². The Morgan fingerprint density at radius 3 is 2.29 bits per heavy atom. The lowest BCUT2D eigenvalue weighted by Crippen LogP contribution is -2.47. The van der Waals surface area contributed by atoms with Crippen LogP contribution in [0.15, 0.2) is 48.5 Å². The molecule has 152 valence electrons. The summed E-state index contributed by atoms with van der Waals surface area (Å²) in [6, 6.07) is 12.0. The number of benzene rings is 2. The fourth-order valence-corrected chi connectivity index (χ4v) is 4.24. The normalized spacial score (nSPS) is 12.4. The van der Waals surface area contributed by atoms with Crippen molar-refractivity contribution < 1.29 is 17.6 Å². The van der Waals surface area contributed by atoms with Gasteiger partial charge in [-0.25, -0.2) is 12.8 Å². The van der Waals surface area contributed by atoms with E-state index in [2.05, 4.69) is 12.2 Å². The maximum Gasteiger partial charge on any atom is 0.248 e. The van der Waals surface area contributed by atoms with Gasteiger partial charge in [0.25, 0.3) is 0 Å². The average Bonchev–Trinajstić information content (AvgIpc) is 2.65. The Labute approximate surface area is 166 Å². The summed E-state index contributed by atoms with van der Waals surface area (Å²) < 4.78 is 39.9. The molecule has 0 saturated carbocycles. The maximum absolute atomic E-state index is 14.3. The van der Waals surface area contributed by atoms with Crippen molar-refractivity contribution in [2.75, 3.05) is 15.9 Å². The van der Waals surface area contributed by atoms with Crippen LogP contribution in [0.25, 0.3) is 0 Å². The number of hydrogen-bond acceptors (Lipinski definition) is 3. The third-order valence-electron chi connectivity index (χ3n) is 4.46. The van der Waals surface area contributed by atoms with Gasteiger partial charge < -0.3 is 5.32 Å². The fraction of sp³-hybridized carbons (Fsp3) is 0.381. The summed E-state index contributed by atoms with van der Waals surface area (Å²) in [4.78, 5) is 12.8. The molecule has 0 bridgehead atoms. The maximum atomic E-state index is 14.3. The molecule has 7 heteroatoms. The van der Waals surface area contributed by atoms with Crippen LogP contribution < -0.4 is 9.62 Å². The Kier molecular flexibility index (Phi) is 7.57. The lowest BCUT2D eigenvalue weighted by atomic mass is 10.1. The third-order valence-corrected chi connectivity index (χ3v) is 5.63. The third kappa shape index (κ3) is 5.55. The van der Waals surface area contributed by atoms with Crippen molar-refractivity contribution in [2.24, 2.45) is 0 Å². The number of para-hydroxylation sites is 1. The molecule has 0 spiro atoms. The van der Waals surface area contributed by atoms with Gasteiger partial charge in [-0.15, -0.1) is 0 Å². The number of nitrogens with zero attached hydrogens (tertiary/aromatic N) is 1. The van der Waals surface area contributed by atoms with Gasteiger partial charge in [-0.05, 0) is 49.1 Å². The smallest absolute Gasteiger partial charge is 0.248 e. The first-order valence-electron chi connectivity index (χ1n) is 9.41. The lowest BCUT2D eigenvalue weighted by Gasteiger charge is -2.30. The number of hydrogen-bond donors (Lipinski definition) is 1. The number of carbonyl (C=O) groups is 1. The van der Waals surface area contributed by atoms with Crippen LogP contribution in [0.3, 0.4) is 0 Å². The SMILES string of the molecule is CCCCc1ccc(NC(=O)[C@@H](CC)N(c2ccccc2F)S(C)(=O)=O)cc1. The van der Waals surface area contributed by atoms with Crippen molar-refractivity contribution in [1.29, 1.82) is 0 Å². The van der Waals surface area contributed by atoms with Crippen LogP contribution in [0.5, 0.6) is 0 Å². The minimum Gasteiger partial charge on any atom is -0.324 e. The van der Waals surface area contributed by atoms with Crippen LogP contribution in [0.4, 0.5) is 15.8 Å². The molecule has 0 radical (unpaired) electrons. The van der Waals surface area contributed by atoms with Crippen LogP contribution in [0.2, 0.25) is 0 Å². The highest BCUT2D eigenvalue weighted by Gasteiger charge is 2.33. The van der Waals surface area contributed by atoms with Gasteiger partial charge in [0.1, 0.15) is 11.9 Å². The average molecular weight is 407 g/mol. The van der Waals surface area contributed by atoms with E-state index in [-0.39, 0.29) is 12.1 Å². The number of rotatable bonds is 9. The molecule has 1 atom stereocenters. The Hall–Kier alpha value is -2.41. The molecule has 1 amide bonds. The molecule has 2 aromatic rings. The summed E-state index contributed by atoms with van der Waals surface area (Å²) in [6.07, 6.45) is 4.33. The highest BCUT2D eigenvalue weighted by molar-refractivity contribution is 7.92. The lowest BCUT2D eigenvalue weighted by molar-refractivity contribution is -0.117. The topological polar surface area (TPSA) is 66.5 Å². The summed E-state index contributed by atoms with van der Waals surface area (Å²) in [5.41, 5.74) is 1.61. The van der Waals surface area contributed by atoms with Gasteiger partial charge in [0, 0.05) is 5.69 Å². The Morgan fingerprint density at radius 2 is 1.75 bits per heavy atom. The number of sulfonamides is 1. The van der Waals surface area contributed by atoms with Crippen LogP contribution in [-0.4, -0.2) is 26.6 Å². The number of amides is 1. The molecule has 0 unspecified atom stereocenters. The van der Waals surface area contributed by atoms with Crippen molar-refractivity contribution in [2.45, 2.75) is 45.6 Å². The van der Waals surface area contributed by atoms with Crippen LogP contribution in [-0.2, 0) is 21.2 Å². The predicted molar refractivity (Wildman–Crippen MR) is 111 cm³/mol. The molecule has 2 aromatic carbocycles. The summed E-state index contributed by atoms with van der Waals surface area (Å²) in [5, 5.41) is 2.75. The number of anilines is 2. The molecular formula is C21H27FN2O3S.